The number of thiophene rings is 1. The molecule has 0 radical (unpaired) electrons. The van der Waals surface area contributed by atoms with Crippen LogP contribution in [0.25, 0.3) is 0 Å². The molecule has 0 saturated carbocycles. The first-order chi connectivity index (χ1) is 11.5. The maximum absolute atomic E-state index is 12.5. The first kappa shape index (κ1) is 16.2. The molecule has 1 heterocycles. The number of anilines is 1. The van der Waals surface area contributed by atoms with Crippen molar-refractivity contribution in [1.29, 1.82) is 5.26 Å². The van der Waals surface area contributed by atoms with Crippen molar-refractivity contribution in [1.82, 2.24) is 0 Å². The largest absolute Gasteiger partial charge is 0.365 e. The third kappa shape index (κ3) is 3.03. The van der Waals surface area contributed by atoms with E-state index in [1.165, 1.54) is 17.4 Å². The van der Waals surface area contributed by atoms with Gasteiger partial charge in [0, 0.05) is 10.4 Å². The van der Waals surface area contributed by atoms with E-state index in [1.54, 1.807) is 18.2 Å². The lowest BCUT2D eigenvalue weighted by atomic mass is 9.88. The average Bonchev–Trinajstić information content (AvgIpc) is 2.91. The molecule has 1 aliphatic rings. The minimum atomic E-state index is -0.511. The van der Waals surface area contributed by atoms with Crippen molar-refractivity contribution in [2.24, 2.45) is 11.7 Å². The molecule has 1 aromatic carbocycles. The second-order valence-electron chi connectivity index (χ2n) is 6.07. The van der Waals surface area contributed by atoms with Gasteiger partial charge in [0.15, 0.2) is 0 Å². The van der Waals surface area contributed by atoms with E-state index in [2.05, 4.69) is 12.2 Å². The molecule has 3 N–H and O–H groups in total. The Morgan fingerprint density at radius 1 is 1.42 bits per heavy atom. The van der Waals surface area contributed by atoms with E-state index in [4.69, 9.17) is 11.0 Å². The molecule has 0 spiro atoms. The number of hydrogen-bond donors (Lipinski definition) is 2. The Morgan fingerprint density at radius 2 is 2.21 bits per heavy atom. The van der Waals surface area contributed by atoms with Gasteiger partial charge in [-0.25, -0.2) is 0 Å². The van der Waals surface area contributed by atoms with Crippen molar-refractivity contribution < 1.29 is 9.59 Å². The van der Waals surface area contributed by atoms with Gasteiger partial charge < -0.3 is 11.1 Å². The number of benzene rings is 1. The molecule has 5 nitrogen and oxygen atoms in total. The molecule has 3 rings (SSSR count). The van der Waals surface area contributed by atoms with Crippen LogP contribution in [0.4, 0.5) is 5.00 Å². The second-order valence-corrected chi connectivity index (χ2v) is 7.17. The number of amides is 2. The molecule has 0 aliphatic heterocycles. The normalized spacial score (nSPS) is 16.1. The van der Waals surface area contributed by atoms with Gasteiger partial charge in [0.2, 0.25) is 0 Å². The highest BCUT2D eigenvalue weighted by molar-refractivity contribution is 7.17. The summed E-state index contributed by atoms with van der Waals surface area (Å²) in [5, 5.41) is 12.3. The highest BCUT2D eigenvalue weighted by atomic mass is 32.1. The smallest absolute Gasteiger partial charge is 0.256 e. The molecule has 1 aromatic heterocycles. The number of nitrogens with one attached hydrogen (secondary N) is 1. The number of nitrogens with two attached hydrogens (primary N) is 1. The highest BCUT2D eigenvalue weighted by Gasteiger charge is 2.27. The molecule has 1 aliphatic carbocycles. The fraction of sp³-hybridized carbons (Fsp3) is 0.278. The van der Waals surface area contributed by atoms with E-state index in [0.29, 0.717) is 27.6 Å². The Balaban J connectivity index is 1.93. The van der Waals surface area contributed by atoms with Gasteiger partial charge in [0.25, 0.3) is 11.8 Å². The Labute approximate surface area is 144 Å². The molecule has 122 valence electrons. The molecule has 0 saturated heterocycles. The van der Waals surface area contributed by atoms with Crippen LogP contribution in [0.2, 0.25) is 0 Å². The lowest BCUT2D eigenvalue weighted by Gasteiger charge is -2.18. The van der Waals surface area contributed by atoms with E-state index >= 15 is 0 Å². The molecule has 2 amide bonds. The first-order valence-corrected chi connectivity index (χ1v) is 8.57. The molecule has 0 bridgehead atoms. The second kappa shape index (κ2) is 6.46. The zero-order valence-corrected chi connectivity index (χ0v) is 14.1. The van der Waals surface area contributed by atoms with E-state index in [-0.39, 0.29) is 5.91 Å². The van der Waals surface area contributed by atoms with Gasteiger partial charge >= 0.3 is 0 Å². The zero-order chi connectivity index (χ0) is 17.3. The fourth-order valence-electron chi connectivity index (χ4n) is 3.00. The van der Waals surface area contributed by atoms with Crippen LogP contribution in [0.15, 0.2) is 24.3 Å². The van der Waals surface area contributed by atoms with E-state index in [0.717, 1.165) is 29.7 Å². The van der Waals surface area contributed by atoms with Crippen LogP contribution in [0, 0.1) is 17.2 Å². The number of rotatable bonds is 3. The number of nitrogens with zero attached hydrogens (tertiary/aromatic N) is 1. The number of nitriles is 1. The molecule has 0 fully saturated rings. The Bertz CT molecular complexity index is 864. The maximum Gasteiger partial charge on any atom is 0.256 e. The van der Waals surface area contributed by atoms with E-state index < -0.39 is 5.91 Å². The van der Waals surface area contributed by atoms with Gasteiger partial charge in [-0.2, -0.15) is 5.26 Å². The van der Waals surface area contributed by atoms with Gasteiger partial charge in [-0.15, -0.1) is 11.3 Å². The number of primary amides is 1. The zero-order valence-electron chi connectivity index (χ0n) is 13.3. The summed E-state index contributed by atoms with van der Waals surface area (Å²) in [5.41, 5.74) is 7.76. The summed E-state index contributed by atoms with van der Waals surface area (Å²) in [7, 11) is 0. The van der Waals surface area contributed by atoms with E-state index in [9.17, 15) is 9.59 Å². The minimum absolute atomic E-state index is 0.346. The monoisotopic (exact) mass is 339 g/mol. The van der Waals surface area contributed by atoms with Crippen LogP contribution in [0.5, 0.6) is 0 Å². The summed E-state index contributed by atoms with van der Waals surface area (Å²) in [5.74, 6) is -0.294. The molecule has 2 aromatic rings. The highest BCUT2D eigenvalue weighted by Crippen LogP contribution is 2.39. The third-order valence-electron chi connectivity index (χ3n) is 4.24. The van der Waals surface area contributed by atoms with Gasteiger partial charge in [0.1, 0.15) is 5.00 Å². The molecule has 1 atom stereocenters. The molecular weight excluding hydrogens is 322 g/mol. The number of fused-ring (bicyclic) bond motifs is 1. The topological polar surface area (TPSA) is 96.0 Å². The summed E-state index contributed by atoms with van der Waals surface area (Å²) >= 11 is 1.43. The predicted molar refractivity (Wildman–Crippen MR) is 93.1 cm³/mol. The third-order valence-corrected chi connectivity index (χ3v) is 5.41. The summed E-state index contributed by atoms with van der Waals surface area (Å²) in [6.07, 6.45) is 2.73. The number of carbonyl (C=O) groups excluding carboxylic acids is 2. The fourth-order valence-corrected chi connectivity index (χ4v) is 4.42. The maximum atomic E-state index is 12.5. The Kier molecular flexibility index (Phi) is 4.36. The molecule has 24 heavy (non-hydrogen) atoms. The van der Waals surface area contributed by atoms with Crippen molar-refractivity contribution in [2.45, 2.75) is 26.2 Å². The van der Waals surface area contributed by atoms with E-state index in [1.807, 2.05) is 6.07 Å². The van der Waals surface area contributed by atoms with Crippen LogP contribution in [-0.4, -0.2) is 11.8 Å². The summed E-state index contributed by atoms with van der Waals surface area (Å²) in [4.78, 5) is 25.5. The van der Waals surface area contributed by atoms with Crippen LogP contribution in [0.3, 0.4) is 0 Å². The SMILES string of the molecule is C[C@H]1CCc2c(sc(NC(=O)c3cccc(C#N)c3)c2C(N)=O)C1. The minimum Gasteiger partial charge on any atom is -0.365 e. The molecule has 6 heteroatoms. The van der Waals surface area contributed by atoms with Crippen LogP contribution in [0.1, 0.15) is 50.1 Å². The quantitative estimate of drug-likeness (QED) is 0.899. The van der Waals surface area contributed by atoms with Crippen LogP contribution >= 0.6 is 11.3 Å². The van der Waals surface area contributed by atoms with Crippen molar-refractivity contribution >= 4 is 28.2 Å². The number of hydrogen-bond acceptors (Lipinski definition) is 4. The van der Waals surface area contributed by atoms with Crippen molar-refractivity contribution in [3.8, 4) is 6.07 Å². The lowest BCUT2D eigenvalue weighted by molar-refractivity contribution is 0.1000. The Morgan fingerprint density at radius 3 is 2.92 bits per heavy atom. The van der Waals surface area contributed by atoms with Gasteiger partial charge in [0.05, 0.1) is 17.2 Å². The van der Waals surface area contributed by atoms with Crippen molar-refractivity contribution in [2.75, 3.05) is 5.32 Å². The van der Waals surface area contributed by atoms with Crippen LogP contribution in [-0.2, 0) is 12.8 Å². The van der Waals surface area contributed by atoms with Gasteiger partial charge in [-0.3, -0.25) is 9.59 Å². The van der Waals surface area contributed by atoms with Crippen LogP contribution < -0.4 is 11.1 Å². The van der Waals surface area contributed by atoms with Crippen molar-refractivity contribution in [3.05, 3.63) is 51.4 Å². The van der Waals surface area contributed by atoms with Crippen molar-refractivity contribution in [3.63, 3.8) is 0 Å². The standard InChI is InChI=1S/C18H17N3O2S/c1-10-5-6-13-14(7-10)24-18(15(13)16(20)22)21-17(23)12-4-2-3-11(8-12)9-19/h2-4,8,10H,5-7H2,1H3,(H2,20,22)(H,21,23)/t10-/m0/s1. The van der Waals surface area contributed by atoms with Gasteiger partial charge in [-0.1, -0.05) is 13.0 Å². The summed E-state index contributed by atoms with van der Waals surface area (Å²) in [6, 6.07) is 8.46. The summed E-state index contributed by atoms with van der Waals surface area (Å²) < 4.78 is 0. The van der Waals surface area contributed by atoms with Gasteiger partial charge in [-0.05, 0) is 48.9 Å². The summed E-state index contributed by atoms with van der Waals surface area (Å²) in [6.45, 7) is 2.18. The first-order valence-electron chi connectivity index (χ1n) is 7.75. The molecular formula is C18H17N3O2S. The Hall–Kier alpha value is -2.65. The lowest BCUT2D eigenvalue weighted by Crippen LogP contribution is -2.19. The number of carbonyl (C=O) groups is 2. The average molecular weight is 339 g/mol. The predicted octanol–water partition coefficient (Wildman–Crippen LogP) is 3.10. The molecule has 0 unspecified atom stereocenters.